The molecule has 0 unspecified atom stereocenters. The Morgan fingerprint density at radius 1 is 1.46 bits per heavy atom. The quantitative estimate of drug-likeness (QED) is 0.807. The highest BCUT2D eigenvalue weighted by Gasteiger charge is 2.21. The van der Waals surface area contributed by atoms with Crippen LogP contribution < -0.4 is 5.73 Å². The summed E-state index contributed by atoms with van der Waals surface area (Å²) < 4.78 is 0. The lowest BCUT2D eigenvalue weighted by atomic mass is 9.90. The molecule has 2 N–H and O–H groups in total. The number of thiazole rings is 1. The van der Waals surface area contributed by atoms with Gasteiger partial charge in [-0.25, -0.2) is 4.98 Å². The van der Waals surface area contributed by atoms with Gasteiger partial charge in [0.15, 0.2) is 0 Å². The first-order valence-electron chi connectivity index (χ1n) is 4.80. The van der Waals surface area contributed by atoms with E-state index in [4.69, 9.17) is 5.73 Å². The minimum atomic E-state index is -0.0288. The smallest absolute Gasteiger partial charge is 0.0896 e. The first-order chi connectivity index (χ1) is 6.09. The van der Waals surface area contributed by atoms with Crippen molar-refractivity contribution in [3.63, 3.8) is 0 Å². The Morgan fingerprint density at radius 3 is 2.46 bits per heavy atom. The molecule has 0 aliphatic rings. The van der Waals surface area contributed by atoms with Gasteiger partial charge in [-0.2, -0.15) is 0 Å². The van der Waals surface area contributed by atoms with E-state index in [-0.39, 0.29) is 5.54 Å². The molecule has 74 valence electrons. The summed E-state index contributed by atoms with van der Waals surface area (Å²) in [5.41, 5.74) is 6.19. The van der Waals surface area contributed by atoms with Crippen molar-refractivity contribution in [2.75, 3.05) is 0 Å². The summed E-state index contributed by atoms with van der Waals surface area (Å²) in [6, 6.07) is 0. The van der Waals surface area contributed by atoms with Crippen molar-refractivity contribution in [3.8, 4) is 0 Å². The SMILES string of the molecule is CCC(N)(CC)Cc1cnc(C)s1. The second-order valence-electron chi connectivity index (χ2n) is 3.59. The molecule has 0 saturated heterocycles. The fourth-order valence-electron chi connectivity index (χ4n) is 1.33. The summed E-state index contributed by atoms with van der Waals surface area (Å²) in [6.07, 6.45) is 4.97. The zero-order valence-corrected chi connectivity index (χ0v) is 9.45. The van der Waals surface area contributed by atoms with E-state index in [9.17, 15) is 0 Å². The van der Waals surface area contributed by atoms with E-state index in [1.54, 1.807) is 11.3 Å². The number of hydrogen-bond donors (Lipinski definition) is 1. The molecule has 0 bridgehead atoms. The van der Waals surface area contributed by atoms with Gasteiger partial charge in [-0.05, 0) is 19.8 Å². The van der Waals surface area contributed by atoms with Crippen LogP contribution >= 0.6 is 11.3 Å². The minimum absolute atomic E-state index is 0.0288. The average molecular weight is 198 g/mol. The van der Waals surface area contributed by atoms with Gasteiger partial charge >= 0.3 is 0 Å². The van der Waals surface area contributed by atoms with Gasteiger partial charge in [0, 0.05) is 23.0 Å². The molecule has 1 aromatic rings. The molecular formula is C10H18N2S. The zero-order valence-electron chi connectivity index (χ0n) is 8.63. The molecular weight excluding hydrogens is 180 g/mol. The van der Waals surface area contributed by atoms with Crippen molar-refractivity contribution in [3.05, 3.63) is 16.1 Å². The summed E-state index contributed by atoms with van der Waals surface area (Å²) in [6.45, 7) is 6.33. The van der Waals surface area contributed by atoms with Crippen LogP contribution in [-0.4, -0.2) is 10.5 Å². The average Bonchev–Trinajstić information content (AvgIpc) is 2.51. The second-order valence-corrected chi connectivity index (χ2v) is 4.91. The summed E-state index contributed by atoms with van der Waals surface area (Å²) in [5, 5.41) is 1.13. The molecule has 1 heterocycles. The predicted octanol–water partition coefficient (Wildman–Crippen LogP) is 2.51. The highest BCUT2D eigenvalue weighted by atomic mass is 32.1. The maximum atomic E-state index is 6.22. The third kappa shape index (κ3) is 2.78. The zero-order chi connectivity index (χ0) is 9.90. The molecule has 0 saturated carbocycles. The van der Waals surface area contributed by atoms with E-state index in [0.717, 1.165) is 24.3 Å². The maximum Gasteiger partial charge on any atom is 0.0896 e. The van der Waals surface area contributed by atoms with Crippen LogP contribution in [-0.2, 0) is 6.42 Å². The van der Waals surface area contributed by atoms with E-state index in [1.807, 2.05) is 13.1 Å². The first-order valence-corrected chi connectivity index (χ1v) is 5.61. The molecule has 0 aliphatic carbocycles. The Kier molecular flexibility index (Phi) is 3.45. The van der Waals surface area contributed by atoms with Gasteiger partial charge in [0.2, 0.25) is 0 Å². The molecule has 3 heteroatoms. The van der Waals surface area contributed by atoms with Crippen molar-refractivity contribution < 1.29 is 0 Å². The van der Waals surface area contributed by atoms with Crippen LogP contribution in [0.5, 0.6) is 0 Å². The summed E-state index contributed by atoms with van der Waals surface area (Å²) in [5.74, 6) is 0. The van der Waals surface area contributed by atoms with Crippen LogP contribution in [0.2, 0.25) is 0 Å². The molecule has 0 spiro atoms. The van der Waals surface area contributed by atoms with E-state index in [0.29, 0.717) is 0 Å². The molecule has 1 rings (SSSR count). The van der Waals surface area contributed by atoms with Crippen molar-refractivity contribution in [2.45, 2.75) is 45.6 Å². The topological polar surface area (TPSA) is 38.9 Å². The standard InChI is InChI=1S/C10H18N2S/c1-4-10(11,5-2)6-9-7-12-8(3)13-9/h7H,4-6,11H2,1-3H3. The van der Waals surface area contributed by atoms with Crippen LogP contribution in [0.25, 0.3) is 0 Å². The van der Waals surface area contributed by atoms with E-state index in [1.165, 1.54) is 4.88 Å². The number of rotatable bonds is 4. The number of hydrogen-bond acceptors (Lipinski definition) is 3. The summed E-state index contributed by atoms with van der Waals surface area (Å²) >= 11 is 1.75. The molecule has 2 nitrogen and oxygen atoms in total. The fourth-order valence-corrected chi connectivity index (χ4v) is 2.28. The molecule has 1 aromatic heterocycles. The third-order valence-corrected chi connectivity index (χ3v) is 3.52. The second kappa shape index (κ2) is 4.20. The molecule has 0 aliphatic heterocycles. The van der Waals surface area contributed by atoms with Gasteiger partial charge in [-0.15, -0.1) is 11.3 Å². The van der Waals surface area contributed by atoms with Crippen molar-refractivity contribution in [1.82, 2.24) is 4.98 Å². The predicted molar refractivity (Wildman–Crippen MR) is 58.1 cm³/mol. The lowest BCUT2D eigenvalue weighted by Gasteiger charge is -2.25. The fraction of sp³-hybridized carbons (Fsp3) is 0.700. The Balaban J connectivity index is 2.67. The number of nitrogens with two attached hydrogens (primary N) is 1. The van der Waals surface area contributed by atoms with Gasteiger partial charge < -0.3 is 5.73 Å². The van der Waals surface area contributed by atoms with Gasteiger partial charge in [-0.1, -0.05) is 13.8 Å². The van der Waals surface area contributed by atoms with Gasteiger partial charge in [0.25, 0.3) is 0 Å². The maximum absolute atomic E-state index is 6.22. The van der Waals surface area contributed by atoms with Crippen LogP contribution in [0.1, 0.15) is 36.6 Å². The molecule has 0 atom stereocenters. The lowest BCUT2D eigenvalue weighted by Crippen LogP contribution is -2.40. The third-order valence-electron chi connectivity index (χ3n) is 2.60. The molecule has 0 fully saturated rings. The van der Waals surface area contributed by atoms with Gasteiger partial charge in [-0.3, -0.25) is 0 Å². The number of aryl methyl sites for hydroxylation is 1. The molecule has 0 amide bonds. The molecule has 0 radical (unpaired) electrons. The first kappa shape index (κ1) is 10.7. The van der Waals surface area contributed by atoms with Crippen LogP contribution in [0, 0.1) is 6.92 Å². The van der Waals surface area contributed by atoms with Crippen LogP contribution in [0.3, 0.4) is 0 Å². The van der Waals surface area contributed by atoms with Crippen molar-refractivity contribution in [2.24, 2.45) is 5.73 Å². The minimum Gasteiger partial charge on any atom is -0.325 e. The number of aromatic nitrogens is 1. The summed E-state index contributed by atoms with van der Waals surface area (Å²) in [4.78, 5) is 5.54. The normalized spacial score (nSPS) is 12.0. The Labute approximate surface area is 84.2 Å². The van der Waals surface area contributed by atoms with Gasteiger partial charge in [0.1, 0.15) is 0 Å². The Hall–Kier alpha value is -0.410. The van der Waals surface area contributed by atoms with Gasteiger partial charge in [0.05, 0.1) is 5.01 Å². The Bertz CT molecular complexity index is 264. The van der Waals surface area contributed by atoms with Crippen LogP contribution in [0.15, 0.2) is 6.20 Å². The van der Waals surface area contributed by atoms with Crippen molar-refractivity contribution in [1.29, 1.82) is 0 Å². The van der Waals surface area contributed by atoms with E-state index in [2.05, 4.69) is 18.8 Å². The van der Waals surface area contributed by atoms with Crippen LogP contribution in [0.4, 0.5) is 0 Å². The van der Waals surface area contributed by atoms with E-state index >= 15 is 0 Å². The monoisotopic (exact) mass is 198 g/mol. The Morgan fingerprint density at radius 2 is 2.08 bits per heavy atom. The molecule has 0 aromatic carbocycles. The van der Waals surface area contributed by atoms with E-state index < -0.39 is 0 Å². The summed E-state index contributed by atoms with van der Waals surface area (Å²) in [7, 11) is 0. The highest BCUT2D eigenvalue weighted by Crippen LogP contribution is 2.21. The largest absolute Gasteiger partial charge is 0.325 e. The van der Waals surface area contributed by atoms with Crippen molar-refractivity contribution >= 4 is 11.3 Å². The lowest BCUT2D eigenvalue weighted by molar-refractivity contribution is 0.396. The molecule has 13 heavy (non-hydrogen) atoms. The highest BCUT2D eigenvalue weighted by molar-refractivity contribution is 7.11. The number of nitrogens with zero attached hydrogens (tertiary/aromatic N) is 1.